The van der Waals surface area contributed by atoms with E-state index in [1.807, 2.05) is 30.3 Å². The van der Waals surface area contributed by atoms with Crippen molar-refractivity contribution in [1.29, 1.82) is 5.26 Å². The van der Waals surface area contributed by atoms with E-state index in [1.165, 1.54) is 11.3 Å². The molecule has 0 saturated carbocycles. The van der Waals surface area contributed by atoms with E-state index in [9.17, 15) is 10.1 Å². The summed E-state index contributed by atoms with van der Waals surface area (Å²) in [5, 5.41) is 12.2. The fourth-order valence-corrected chi connectivity index (χ4v) is 3.72. The second-order valence-corrected chi connectivity index (χ2v) is 7.78. The van der Waals surface area contributed by atoms with Crippen molar-refractivity contribution in [2.45, 2.75) is 38.6 Å². The number of rotatable bonds is 3. The third-order valence-electron chi connectivity index (χ3n) is 5.37. The Labute approximate surface area is 161 Å². The second kappa shape index (κ2) is 7.28. The highest BCUT2D eigenvalue weighted by atomic mass is 16.1. The van der Waals surface area contributed by atoms with E-state index in [4.69, 9.17) is 0 Å². The van der Waals surface area contributed by atoms with Crippen LogP contribution in [0.3, 0.4) is 0 Å². The molecule has 0 unspecified atom stereocenters. The number of nitriles is 1. The Morgan fingerprint density at radius 3 is 2.63 bits per heavy atom. The minimum Gasteiger partial charge on any atom is -0.369 e. The van der Waals surface area contributed by atoms with Gasteiger partial charge in [-0.2, -0.15) is 5.26 Å². The van der Waals surface area contributed by atoms with Gasteiger partial charge in [0.2, 0.25) is 0 Å². The van der Waals surface area contributed by atoms with Crippen molar-refractivity contribution in [1.82, 2.24) is 0 Å². The lowest BCUT2D eigenvalue weighted by atomic mass is 9.80. The van der Waals surface area contributed by atoms with Gasteiger partial charge in [0, 0.05) is 24.0 Å². The lowest BCUT2D eigenvalue weighted by Gasteiger charge is -2.45. The molecule has 27 heavy (non-hydrogen) atoms. The molecule has 1 heterocycles. The molecule has 4 nitrogen and oxygen atoms in total. The Morgan fingerprint density at radius 1 is 1.26 bits per heavy atom. The molecule has 138 valence electrons. The van der Waals surface area contributed by atoms with E-state index in [-0.39, 0.29) is 11.1 Å². The standard InChI is InChI=1S/C23H25N3O/c1-16-14-23(2,3)26(4)21-11-10-17(13-20(16)21)12-18(15-24)22(27)25-19-8-6-5-7-9-19/h5-13,16H,14H2,1-4H3,(H,25,27)/b18-12-/t16-/m0/s1. The molecule has 1 N–H and O–H groups in total. The molecule has 0 fully saturated rings. The van der Waals surface area contributed by atoms with Gasteiger partial charge in [0.05, 0.1) is 0 Å². The number of nitrogens with one attached hydrogen (secondary N) is 1. The van der Waals surface area contributed by atoms with E-state index in [0.29, 0.717) is 11.6 Å². The Balaban J connectivity index is 1.89. The highest BCUT2D eigenvalue weighted by Crippen LogP contribution is 2.42. The van der Waals surface area contributed by atoms with E-state index in [0.717, 1.165) is 12.0 Å². The number of fused-ring (bicyclic) bond motifs is 1. The fourth-order valence-electron chi connectivity index (χ4n) is 3.72. The molecular weight excluding hydrogens is 334 g/mol. The quantitative estimate of drug-likeness (QED) is 0.623. The van der Waals surface area contributed by atoms with Gasteiger partial charge in [0.1, 0.15) is 11.6 Å². The maximum atomic E-state index is 12.4. The topological polar surface area (TPSA) is 56.1 Å². The Kier molecular flexibility index (Phi) is 5.05. The average molecular weight is 359 g/mol. The van der Waals surface area contributed by atoms with Gasteiger partial charge in [-0.1, -0.05) is 31.2 Å². The lowest BCUT2D eigenvalue weighted by Crippen LogP contribution is -2.45. The maximum Gasteiger partial charge on any atom is 0.266 e. The van der Waals surface area contributed by atoms with Crippen molar-refractivity contribution in [2.24, 2.45) is 0 Å². The summed E-state index contributed by atoms with van der Waals surface area (Å²) in [6, 6.07) is 17.3. The van der Waals surface area contributed by atoms with Crippen molar-refractivity contribution in [3.8, 4) is 6.07 Å². The van der Waals surface area contributed by atoms with Crippen LogP contribution in [0.15, 0.2) is 54.1 Å². The molecule has 0 saturated heterocycles. The van der Waals surface area contributed by atoms with E-state index < -0.39 is 5.91 Å². The van der Waals surface area contributed by atoms with Gasteiger partial charge in [-0.25, -0.2) is 0 Å². The summed E-state index contributed by atoms with van der Waals surface area (Å²) in [4.78, 5) is 14.7. The molecule has 1 amide bonds. The molecule has 2 aromatic carbocycles. The van der Waals surface area contributed by atoms with Crippen molar-refractivity contribution >= 4 is 23.4 Å². The van der Waals surface area contributed by atoms with E-state index in [1.54, 1.807) is 18.2 Å². The SMILES string of the molecule is C[C@H]1CC(C)(C)N(C)c2ccc(/C=C(/C#N)C(=O)Nc3ccccc3)cc21. The van der Waals surface area contributed by atoms with Gasteiger partial charge in [0.15, 0.2) is 0 Å². The average Bonchev–Trinajstić information content (AvgIpc) is 2.64. The number of carbonyl (C=O) groups excluding carboxylic acids is 1. The normalized spacial score (nSPS) is 18.4. The Hall–Kier alpha value is -3.06. The molecule has 0 radical (unpaired) electrons. The van der Waals surface area contributed by atoms with Gasteiger partial charge >= 0.3 is 0 Å². The zero-order valence-corrected chi connectivity index (χ0v) is 16.3. The van der Waals surface area contributed by atoms with Gasteiger partial charge in [-0.05, 0) is 67.7 Å². The first-order valence-corrected chi connectivity index (χ1v) is 9.18. The van der Waals surface area contributed by atoms with Crippen LogP contribution in [-0.2, 0) is 4.79 Å². The monoisotopic (exact) mass is 359 g/mol. The molecule has 4 heteroatoms. The summed E-state index contributed by atoms with van der Waals surface area (Å²) in [5.41, 5.74) is 4.21. The number of anilines is 2. The zero-order valence-electron chi connectivity index (χ0n) is 16.3. The summed E-state index contributed by atoms with van der Waals surface area (Å²) in [6.07, 6.45) is 2.72. The molecule has 1 aliphatic heterocycles. The molecule has 1 atom stereocenters. The van der Waals surface area contributed by atoms with Crippen molar-refractivity contribution in [2.75, 3.05) is 17.3 Å². The summed E-state index contributed by atoms with van der Waals surface area (Å²) in [6.45, 7) is 6.73. The number of para-hydroxylation sites is 1. The highest BCUT2D eigenvalue weighted by molar-refractivity contribution is 6.09. The van der Waals surface area contributed by atoms with Gasteiger partial charge in [-0.15, -0.1) is 0 Å². The van der Waals surface area contributed by atoms with Gasteiger partial charge < -0.3 is 10.2 Å². The number of nitrogens with zero attached hydrogens (tertiary/aromatic N) is 2. The van der Waals surface area contributed by atoms with Gasteiger partial charge in [-0.3, -0.25) is 4.79 Å². The van der Waals surface area contributed by atoms with Crippen molar-refractivity contribution in [3.63, 3.8) is 0 Å². The predicted octanol–water partition coefficient (Wildman–Crippen LogP) is 4.95. The molecular formula is C23H25N3O. The van der Waals surface area contributed by atoms with Crippen LogP contribution in [0.5, 0.6) is 0 Å². The van der Waals surface area contributed by atoms with Crippen LogP contribution >= 0.6 is 0 Å². The summed E-state index contributed by atoms with van der Waals surface area (Å²) >= 11 is 0. The van der Waals surface area contributed by atoms with Crippen LogP contribution in [0.25, 0.3) is 6.08 Å². The first-order chi connectivity index (χ1) is 12.8. The third kappa shape index (κ3) is 3.88. The number of amides is 1. The number of benzene rings is 2. The van der Waals surface area contributed by atoms with E-state index >= 15 is 0 Å². The predicted molar refractivity (Wildman–Crippen MR) is 111 cm³/mol. The van der Waals surface area contributed by atoms with Crippen LogP contribution < -0.4 is 10.2 Å². The summed E-state index contributed by atoms with van der Waals surface area (Å²) in [5.74, 6) is 0.0240. The molecule has 1 aliphatic rings. The Bertz CT molecular complexity index is 922. The first kappa shape index (κ1) is 18.7. The van der Waals surface area contributed by atoms with Crippen LogP contribution in [0.1, 0.15) is 44.2 Å². The Morgan fingerprint density at radius 2 is 1.96 bits per heavy atom. The van der Waals surface area contributed by atoms with Gasteiger partial charge in [0.25, 0.3) is 5.91 Å². The highest BCUT2D eigenvalue weighted by Gasteiger charge is 2.33. The third-order valence-corrected chi connectivity index (χ3v) is 5.37. The van der Waals surface area contributed by atoms with Crippen molar-refractivity contribution in [3.05, 3.63) is 65.2 Å². The molecule has 0 aliphatic carbocycles. The molecule has 0 bridgehead atoms. The maximum absolute atomic E-state index is 12.4. The molecule has 0 spiro atoms. The number of hydrogen-bond acceptors (Lipinski definition) is 3. The lowest BCUT2D eigenvalue weighted by molar-refractivity contribution is -0.112. The minimum absolute atomic E-state index is 0.0935. The largest absolute Gasteiger partial charge is 0.369 e. The fraction of sp³-hybridized carbons (Fsp3) is 0.304. The molecule has 2 aromatic rings. The first-order valence-electron chi connectivity index (χ1n) is 9.18. The van der Waals surface area contributed by atoms with Crippen LogP contribution in [0.2, 0.25) is 0 Å². The molecule has 0 aromatic heterocycles. The van der Waals surface area contributed by atoms with Crippen LogP contribution in [0.4, 0.5) is 11.4 Å². The summed E-state index contributed by atoms with van der Waals surface area (Å²) in [7, 11) is 2.12. The summed E-state index contributed by atoms with van der Waals surface area (Å²) < 4.78 is 0. The zero-order chi connectivity index (χ0) is 19.6. The van der Waals surface area contributed by atoms with Crippen LogP contribution in [-0.4, -0.2) is 18.5 Å². The van der Waals surface area contributed by atoms with Crippen molar-refractivity contribution < 1.29 is 4.79 Å². The van der Waals surface area contributed by atoms with E-state index in [2.05, 4.69) is 50.2 Å². The second-order valence-electron chi connectivity index (χ2n) is 7.78. The number of carbonyl (C=O) groups is 1. The van der Waals surface area contributed by atoms with Crippen LogP contribution in [0, 0.1) is 11.3 Å². The number of hydrogen-bond donors (Lipinski definition) is 1. The minimum atomic E-state index is -0.396. The smallest absolute Gasteiger partial charge is 0.266 e. The molecule has 3 rings (SSSR count).